The van der Waals surface area contributed by atoms with Gasteiger partial charge in [-0.1, -0.05) is 12.1 Å². The van der Waals surface area contributed by atoms with Gasteiger partial charge in [-0.2, -0.15) is 4.31 Å². The normalized spacial score (nSPS) is 17.8. The van der Waals surface area contributed by atoms with Crippen LogP contribution in [0.4, 0.5) is 14.5 Å². The molecule has 9 heteroatoms. The van der Waals surface area contributed by atoms with Crippen LogP contribution in [-0.2, 0) is 21.2 Å². The predicted octanol–water partition coefficient (Wildman–Crippen LogP) is 2.58. The van der Waals surface area contributed by atoms with Gasteiger partial charge in [0, 0.05) is 19.6 Å². The van der Waals surface area contributed by atoms with Crippen molar-refractivity contribution in [2.75, 3.05) is 37.7 Å². The van der Waals surface area contributed by atoms with Crippen molar-refractivity contribution >= 4 is 21.6 Å². The van der Waals surface area contributed by atoms with Crippen LogP contribution in [0.15, 0.2) is 41.3 Å². The highest BCUT2D eigenvalue weighted by atomic mass is 32.2. The monoisotopic (exact) mass is 422 g/mol. The standard InChI is InChI=1S/C20H20F2N2O4S/c21-17-7-6-15(29(26,27)23-9-11-28-12-10-23)13-16(17)20(25)24-8-2-4-14-3-1-5-18(22)19(14)24/h1,3,5-7,13H,2,4,8-12H2. The van der Waals surface area contributed by atoms with Gasteiger partial charge in [0.05, 0.1) is 29.4 Å². The maximum atomic E-state index is 14.5. The SMILES string of the molecule is O=C(c1cc(S(=O)(=O)N2CCOCC2)ccc1F)N1CCCc2cccc(F)c21. The zero-order valence-corrected chi connectivity index (χ0v) is 16.4. The summed E-state index contributed by atoms with van der Waals surface area (Å²) in [6, 6.07) is 7.69. The quantitative estimate of drug-likeness (QED) is 0.763. The first kappa shape index (κ1) is 19.9. The molecule has 2 aliphatic rings. The molecule has 0 spiro atoms. The minimum absolute atomic E-state index is 0.129. The van der Waals surface area contributed by atoms with Crippen molar-refractivity contribution in [2.45, 2.75) is 17.7 Å². The molecule has 6 nitrogen and oxygen atoms in total. The van der Waals surface area contributed by atoms with Gasteiger partial charge < -0.3 is 9.64 Å². The zero-order valence-electron chi connectivity index (χ0n) is 15.6. The number of amides is 1. The minimum atomic E-state index is -3.89. The lowest BCUT2D eigenvalue weighted by molar-refractivity contribution is 0.0730. The maximum absolute atomic E-state index is 14.5. The molecular weight excluding hydrogens is 402 g/mol. The number of anilines is 1. The highest BCUT2D eigenvalue weighted by molar-refractivity contribution is 7.89. The Morgan fingerprint density at radius 2 is 1.76 bits per heavy atom. The Hall–Kier alpha value is -2.36. The van der Waals surface area contributed by atoms with Crippen molar-refractivity contribution in [3.8, 4) is 0 Å². The van der Waals surface area contributed by atoms with Gasteiger partial charge in [0.25, 0.3) is 5.91 Å². The molecule has 0 aliphatic carbocycles. The number of rotatable bonds is 3. The molecule has 2 aliphatic heterocycles. The van der Waals surface area contributed by atoms with Gasteiger partial charge in [0.15, 0.2) is 0 Å². The van der Waals surface area contributed by atoms with Crippen LogP contribution in [0, 0.1) is 11.6 Å². The fraction of sp³-hybridized carbons (Fsp3) is 0.350. The number of ether oxygens (including phenoxy) is 1. The molecule has 1 saturated heterocycles. The molecule has 154 valence electrons. The van der Waals surface area contributed by atoms with E-state index in [1.807, 2.05) is 0 Å². The second kappa shape index (κ2) is 7.81. The molecule has 0 atom stereocenters. The average Bonchev–Trinajstić information content (AvgIpc) is 2.74. The van der Waals surface area contributed by atoms with Crippen LogP contribution in [0.25, 0.3) is 0 Å². The lowest BCUT2D eigenvalue weighted by Crippen LogP contribution is -2.41. The van der Waals surface area contributed by atoms with E-state index in [-0.39, 0.29) is 43.4 Å². The van der Waals surface area contributed by atoms with Crippen LogP contribution < -0.4 is 4.90 Å². The number of hydrogen-bond donors (Lipinski definition) is 0. The van der Waals surface area contributed by atoms with Crippen LogP contribution in [0.3, 0.4) is 0 Å². The van der Waals surface area contributed by atoms with E-state index in [4.69, 9.17) is 4.74 Å². The molecule has 2 aromatic carbocycles. The number of carbonyl (C=O) groups is 1. The fourth-order valence-corrected chi connectivity index (χ4v) is 5.15. The summed E-state index contributed by atoms with van der Waals surface area (Å²) in [7, 11) is -3.89. The van der Waals surface area contributed by atoms with Crippen molar-refractivity contribution in [3.63, 3.8) is 0 Å². The molecule has 0 N–H and O–H groups in total. The van der Waals surface area contributed by atoms with Gasteiger partial charge in [-0.05, 0) is 42.7 Å². The fourth-order valence-electron chi connectivity index (χ4n) is 3.72. The van der Waals surface area contributed by atoms with Gasteiger partial charge in [0.2, 0.25) is 10.0 Å². The topological polar surface area (TPSA) is 66.9 Å². The summed E-state index contributed by atoms with van der Waals surface area (Å²) in [5.74, 6) is -2.17. The number of para-hydroxylation sites is 1. The van der Waals surface area contributed by atoms with Crippen LogP contribution >= 0.6 is 0 Å². The van der Waals surface area contributed by atoms with E-state index >= 15 is 0 Å². The molecule has 29 heavy (non-hydrogen) atoms. The van der Waals surface area contributed by atoms with Gasteiger partial charge in [-0.15, -0.1) is 0 Å². The Kier molecular flexibility index (Phi) is 5.37. The summed E-state index contributed by atoms with van der Waals surface area (Å²) in [6.45, 7) is 1.15. The summed E-state index contributed by atoms with van der Waals surface area (Å²) in [5, 5.41) is 0. The summed E-state index contributed by atoms with van der Waals surface area (Å²) >= 11 is 0. The van der Waals surface area contributed by atoms with E-state index in [1.165, 1.54) is 15.3 Å². The highest BCUT2D eigenvalue weighted by Gasteiger charge is 2.31. The molecule has 1 amide bonds. The summed E-state index contributed by atoms with van der Waals surface area (Å²) < 4.78 is 61.1. The third kappa shape index (κ3) is 3.65. The lowest BCUT2D eigenvalue weighted by Gasteiger charge is -2.30. The number of nitrogens with zero attached hydrogens (tertiary/aromatic N) is 2. The van der Waals surface area contributed by atoms with E-state index in [0.717, 1.165) is 18.2 Å². The van der Waals surface area contributed by atoms with Gasteiger partial charge >= 0.3 is 0 Å². The van der Waals surface area contributed by atoms with Crippen molar-refractivity contribution in [2.24, 2.45) is 0 Å². The molecule has 0 bridgehead atoms. The third-order valence-corrected chi connectivity index (χ3v) is 7.08. The molecule has 0 radical (unpaired) electrons. The average molecular weight is 422 g/mol. The van der Waals surface area contributed by atoms with Gasteiger partial charge in [-0.3, -0.25) is 4.79 Å². The lowest BCUT2D eigenvalue weighted by atomic mass is 10.00. The Morgan fingerprint density at radius 1 is 1.00 bits per heavy atom. The van der Waals surface area contributed by atoms with Crippen LogP contribution in [0.5, 0.6) is 0 Å². The second-order valence-corrected chi connectivity index (χ2v) is 8.90. The first-order valence-corrected chi connectivity index (χ1v) is 10.8. The molecule has 1 fully saturated rings. The Balaban J connectivity index is 1.72. The van der Waals surface area contributed by atoms with E-state index in [1.54, 1.807) is 12.1 Å². The summed E-state index contributed by atoms with van der Waals surface area (Å²) in [4.78, 5) is 14.1. The number of hydrogen-bond acceptors (Lipinski definition) is 4. The van der Waals surface area contributed by atoms with Gasteiger partial charge in [0.1, 0.15) is 11.6 Å². The van der Waals surface area contributed by atoms with Crippen molar-refractivity contribution in [1.82, 2.24) is 4.31 Å². The van der Waals surface area contributed by atoms with Gasteiger partial charge in [-0.25, -0.2) is 17.2 Å². The Morgan fingerprint density at radius 3 is 2.52 bits per heavy atom. The molecule has 2 heterocycles. The number of fused-ring (bicyclic) bond motifs is 1. The molecular formula is C20H20F2N2O4S. The summed E-state index contributed by atoms with van der Waals surface area (Å²) in [6.07, 6.45) is 1.22. The maximum Gasteiger partial charge on any atom is 0.261 e. The number of sulfonamides is 1. The molecule has 0 saturated carbocycles. The predicted molar refractivity (Wildman–Crippen MR) is 102 cm³/mol. The third-order valence-electron chi connectivity index (χ3n) is 5.19. The number of halogens is 2. The number of carbonyl (C=O) groups excluding carboxylic acids is 1. The number of aryl methyl sites for hydroxylation is 1. The number of benzene rings is 2. The van der Waals surface area contributed by atoms with Crippen LogP contribution in [0.1, 0.15) is 22.3 Å². The molecule has 0 unspecified atom stereocenters. The minimum Gasteiger partial charge on any atom is -0.379 e. The second-order valence-electron chi connectivity index (χ2n) is 6.97. The first-order valence-electron chi connectivity index (χ1n) is 9.36. The van der Waals surface area contributed by atoms with E-state index < -0.39 is 33.1 Å². The van der Waals surface area contributed by atoms with Crippen molar-refractivity contribution in [1.29, 1.82) is 0 Å². The summed E-state index contributed by atoms with van der Waals surface area (Å²) in [5.41, 5.74) is 0.405. The van der Waals surface area contributed by atoms with Crippen molar-refractivity contribution in [3.05, 3.63) is 59.2 Å². The highest BCUT2D eigenvalue weighted by Crippen LogP contribution is 2.32. The molecule has 4 rings (SSSR count). The Labute approximate surface area is 167 Å². The van der Waals surface area contributed by atoms with E-state index in [2.05, 4.69) is 0 Å². The molecule has 2 aromatic rings. The smallest absolute Gasteiger partial charge is 0.261 e. The first-order chi connectivity index (χ1) is 13.9. The Bertz CT molecular complexity index is 1050. The number of morpholine rings is 1. The van der Waals surface area contributed by atoms with E-state index in [0.29, 0.717) is 18.4 Å². The molecule has 0 aromatic heterocycles. The van der Waals surface area contributed by atoms with Crippen molar-refractivity contribution < 1.29 is 26.7 Å². The van der Waals surface area contributed by atoms with Crippen LogP contribution in [-0.4, -0.2) is 51.5 Å². The largest absolute Gasteiger partial charge is 0.379 e. The zero-order chi connectivity index (χ0) is 20.6. The van der Waals surface area contributed by atoms with Crippen LogP contribution in [0.2, 0.25) is 0 Å². The van der Waals surface area contributed by atoms with E-state index in [9.17, 15) is 22.0 Å².